The van der Waals surface area contributed by atoms with Gasteiger partial charge in [-0.3, -0.25) is 4.57 Å². The third-order valence-electron chi connectivity index (χ3n) is 9.56. The first-order chi connectivity index (χ1) is 19.2. The van der Waals surface area contributed by atoms with Gasteiger partial charge in [0.2, 0.25) is 5.95 Å². The number of ether oxygens (including phenoxy) is 2. The molecule has 1 aromatic carbocycles. The van der Waals surface area contributed by atoms with E-state index in [1.807, 2.05) is 13.8 Å². The van der Waals surface area contributed by atoms with E-state index in [9.17, 15) is 14.0 Å². The fraction of sp³-hybridized carbons (Fsp3) is 0.533. The van der Waals surface area contributed by atoms with Crippen molar-refractivity contribution >= 4 is 11.6 Å². The van der Waals surface area contributed by atoms with Gasteiger partial charge in [-0.25, -0.2) is 23.5 Å². The summed E-state index contributed by atoms with van der Waals surface area (Å²) in [5, 5.41) is 3.22. The smallest absolute Gasteiger partial charge is 0.354 e. The summed E-state index contributed by atoms with van der Waals surface area (Å²) in [6.07, 6.45) is 9.86. The highest BCUT2D eigenvalue weighted by Crippen LogP contribution is 2.64. The van der Waals surface area contributed by atoms with Gasteiger partial charge in [0.1, 0.15) is 5.75 Å². The molecular formula is C30H36FN5O4. The first-order valence-electron chi connectivity index (χ1n) is 14.1. The molecule has 40 heavy (non-hydrogen) atoms. The molecule has 2 heterocycles. The Bertz CT molecular complexity index is 1520. The van der Waals surface area contributed by atoms with E-state index in [-0.39, 0.29) is 40.9 Å². The summed E-state index contributed by atoms with van der Waals surface area (Å²) in [5.74, 6) is -0.0120. The van der Waals surface area contributed by atoms with E-state index >= 15 is 0 Å². The fourth-order valence-corrected chi connectivity index (χ4v) is 6.41. The number of aromatic nitrogens is 4. The Morgan fingerprint density at radius 1 is 1.07 bits per heavy atom. The minimum absolute atomic E-state index is 0.00229. The lowest BCUT2D eigenvalue weighted by Crippen LogP contribution is -2.48. The second-order valence-corrected chi connectivity index (χ2v) is 12.1. The fourth-order valence-electron chi connectivity index (χ4n) is 6.41. The Labute approximate surface area is 232 Å². The molecule has 3 fully saturated rings. The molecule has 3 aromatic rings. The van der Waals surface area contributed by atoms with Crippen LogP contribution in [0, 0.1) is 16.6 Å². The summed E-state index contributed by atoms with van der Waals surface area (Å²) < 4.78 is 28.3. The third-order valence-corrected chi connectivity index (χ3v) is 9.56. The lowest BCUT2D eigenvalue weighted by molar-refractivity contribution is -0.0479. The zero-order valence-electron chi connectivity index (χ0n) is 23.3. The molecule has 3 aliphatic carbocycles. The summed E-state index contributed by atoms with van der Waals surface area (Å²) in [6.45, 7) is 4.32. The van der Waals surface area contributed by atoms with Crippen LogP contribution in [0.25, 0.3) is 0 Å². The summed E-state index contributed by atoms with van der Waals surface area (Å²) in [7, 11) is 1.67. The van der Waals surface area contributed by atoms with E-state index in [0.29, 0.717) is 11.4 Å². The lowest BCUT2D eigenvalue weighted by Gasteiger charge is -2.33. The highest BCUT2D eigenvalue weighted by atomic mass is 19.1. The number of hydrogen-bond donors (Lipinski definition) is 1. The number of nitrogens with zero attached hydrogens (tertiary/aromatic N) is 4. The normalized spacial score (nSPS) is 20.8. The molecule has 212 valence electrons. The largest absolute Gasteiger partial charge is 0.436 e. The van der Waals surface area contributed by atoms with Crippen LogP contribution in [0.4, 0.5) is 16.0 Å². The molecule has 1 N–H and O–H groups in total. The van der Waals surface area contributed by atoms with Crippen molar-refractivity contribution in [2.75, 3.05) is 12.4 Å². The van der Waals surface area contributed by atoms with Crippen molar-refractivity contribution in [2.45, 2.75) is 83.4 Å². The number of nitrogens with one attached hydrogen (secondary N) is 1. The maximum Gasteiger partial charge on any atom is 0.354 e. The van der Waals surface area contributed by atoms with Crippen LogP contribution in [0.2, 0.25) is 0 Å². The van der Waals surface area contributed by atoms with Crippen LogP contribution in [0.15, 0.2) is 52.2 Å². The number of benzene rings is 1. The van der Waals surface area contributed by atoms with Gasteiger partial charge in [-0.2, -0.15) is 4.98 Å². The molecule has 2 aromatic heterocycles. The average molecular weight is 550 g/mol. The molecule has 3 aliphatic rings. The van der Waals surface area contributed by atoms with Crippen molar-refractivity contribution < 1.29 is 13.9 Å². The van der Waals surface area contributed by atoms with E-state index < -0.39 is 17.1 Å². The monoisotopic (exact) mass is 549 g/mol. The number of pyridine rings is 1. The molecule has 0 amide bonds. The molecule has 1 atom stereocenters. The van der Waals surface area contributed by atoms with Crippen LogP contribution in [0.1, 0.15) is 71.3 Å². The molecule has 0 bridgehead atoms. The highest BCUT2D eigenvalue weighted by Gasteiger charge is 2.58. The minimum Gasteiger partial charge on any atom is -0.436 e. The topological polar surface area (TPSA) is 100 Å². The van der Waals surface area contributed by atoms with Gasteiger partial charge in [0.25, 0.3) is 5.88 Å². The molecule has 0 unspecified atom stereocenters. The Morgan fingerprint density at radius 3 is 2.45 bits per heavy atom. The van der Waals surface area contributed by atoms with Crippen LogP contribution in [-0.2, 0) is 11.3 Å². The van der Waals surface area contributed by atoms with E-state index in [2.05, 4.69) is 15.3 Å². The molecule has 1 spiro atoms. The quantitative estimate of drug-likeness (QED) is 0.372. The molecule has 3 saturated carbocycles. The predicted octanol–water partition coefficient (Wildman–Crippen LogP) is 5.58. The van der Waals surface area contributed by atoms with Crippen LogP contribution in [-0.4, -0.2) is 31.8 Å². The van der Waals surface area contributed by atoms with Crippen LogP contribution < -0.4 is 21.4 Å². The van der Waals surface area contributed by atoms with E-state index in [4.69, 9.17) is 9.47 Å². The zero-order chi connectivity index (χ0) is 28.1. The predicted molar refractivity (Wildman–Crippen MR) is 149 cm³/mol. The maximum atomic E-state index is 14.1. The van der Waals surface area contributed by atoms with Crippen LogP contribution in [0.3, 0.4) is 0 Å². The molecule has 10 heteroatoms. The summed E-state index contributed by atoms with van der Waals surface area (Å²) >= 11 is 0. The van der Waals surface area contributed by atoms with Gasteiger partial charge >= 0.3 is 11.4 Å². The zero-order valence-corrected chi connectivity index (χ0v) is 23.3. The molecule has 0 saturated heterocycles. The number of rotatable bonds is 9. The number of methoxy groups -OCH3 is 1. The molecular weight excluding hydrogens is 513 g/mol. The van der Waals surface area contributed by atoms with Crippen molar-refractivity contribution in [3.63, 3.8) is 0 Å². The van der Waals surface area contributed by atoms with Crippen molar-refractivity contribution in [1.82, 2.24) is 19.1 Å². The Morgan fingerprint density at radius 2 is 1.80 bits per heavy atom. The standard InChI is InChI=1S/C30H36FN5O4/c1-28(2,39-3)30(15-16-30)19-35-26(37)34-25(36(27(35)38)23-18-29(23)13-5-4-6-14-29)33-20-9-11-21(12-10-20)40-24-22(31)8-7-17-32-24/h7-12,17,23H,4-6,13-16,18-19H2,1-3H3,(H,33,34,37)/t23-/m1/s1. The highest BCUT2D eigenvalue weighted by molar-refractivity contribution is 5.55. The maximum absolute atomic E-state index is 14.1. The minimum atomic E-state index is -0.564. The van der Waals surface area contributed by atoms with E-state index in [0.717, 1.165) is 44.9 Å². The summed E-state index contributed by atoms with van der Waals surface area (Å²) in [6, 6.07) is 9.60. The van der Waals surface area contributed by atoms with Gasteiger partial charge < -0.3 is 14.8 Å². The van der Waals surface area contributed by atoms with Crippen molar-refractivity contribution in [1.29, 1.82) is 0 Å². The summed E-state index contributed by atoms with van der Waals surface area (Å²) in [4.78, 5) is 35.7. The van der Waals surface area contributed by atoms with Gasteiger partial charge in [-0.05, 0) is 87.8 Å². The number of halogens is 1. The average Bonchev–Trinajstić information content (AvgIpc) is 3.87. The van der Waals surface area contributed by atoms with Crippen molar-refractivity contribution in [3.05, 3.63) is 69.4 Å². The SMILES string of the molecule is COC(C)(C)C1(Cn2c(=O)nc(Nc3ccc(Oc4ncccc4F)cc3)n([C@@H]3CC34CCCCC4)c2=O)CC1. The van der Waals surface area contributed by atoms with Crippen LogP contribution in [0.5, 0.6) is 11.6 Å². The molecule has 0 aliphatic heterocycles. The third kappa shape index (κ3) is 4.72. The first kappa shape index (κ1) is 26.7. The summed E-state index contributed by atoms with van der Waals surface area (Å²) in [5.41, 5.74) is -0.898. The lowest BCUT2D eigenvalue weighted by atomic mass is 9.85. The molecule has 9 nitrogen and oxygen atoms in total. The molecule has 6 rings (SSSR count). The van der Waals surface area contributed by atoms with Gasteiger partial charge in [0.05, 0.1) is 5.60 Å². The number of anilines is 2. The van der Waals surface area contributed by atoms with Gasteiger partial charge in [0.15, 0.2) is 5.82 Å². The second kappa shape index (κ2) is 9.83. The van der Waals surface area contributed by atoms with E-state index in [1.54, 1.807) is 35.9 Å². The van der Waals surface area contributed by atoms with Gasteiger partial charge in [0, 0.05) is 37.0 Å². The van der Waals surface area contributed by atoms with Crippen LogP contribution >= 0.6 is 0 Å². The first-order valence-corrected chi connectivity index (χ1v) is 14.1. The second-order valence-electron chi connectivity index (χ2n) is 12.1. The molecule has 0 radical (unpaired) electrons. The van der Waals surface area contributed by atoms with Gasteiger partial charge in [-0.1, -0.05) is 19.3 Å². The Balaban J connectivity index is 1.32. The van der Waals surface area contributed by atoms with E-state index in [1.165, 1.54) is 29.3 Å². The Kier molecular flexibility index (Phi) is 6.56. The van der Waals surface area contributed by atoms with Crippen molar-refractivity contribution in [2.24, 2.45) is 10.8 Å². The Hall–Kier alpha value is -3.53. The van der Waals surface area contributed by atoms with Crippen molar-refractivity contribution in [3.8, 4) is 11.6 Å². The van der Waals surface area contributed by atoms with Gasteiger partial charge in [-0.15, -0.1) is 0 Å². The number of hydrogen-bond acceptors (Lipinski definition) is 7.